The molecule has 0 atom stereocenters. The molecule has 3 rings (SSSR count). The Hall–Kier alpha value is -2.29. The average molecular weight is 294 g/mol. The van der Waals surface area contributed by atoms with Gasteiger partial charge in [-0.1, -0.05) is 6.07 Å². The van der Waals surface area contributed by atoms with Crippen molar-refractivity contribution in [1.29, 1.82) is 0 Å². The summed E-state index contributed by atoms with van der Waals surface area (Å²) in [6, 6.07) is 13.9. The summed E-state index contributed by atoms with van der Waals surface area (Å²) in [5, 5.41) is 2.97. The second-order valence-electron chi connectivity index (χ2n) is 5.99. The predicted molar refractivity (Wildman–Crippen MR) is 91.8 cm³/mol. The highest BCUT2D eigenvalue weighted by molar-refractivity contribution is 6.04. The Morgan fingerprint density at radius 2 is 1.64 bits per heavy atom. The first-order valence-corrected chi connectivity index (χ1v) is 7.87. The Kier molecular flexibility index (Phi) is 4.14. The zero-order valence-electron chi connectivity index (χ0n) is 13.2. The second kappa shape index (κ2) is 6.22. The van der Waals surface area contributed by atoms with Crippen molar-refractivity contribution in [3.05, 3.63) is 59.2 Å². The van der Waals surface area contributed by atoms with Crippen LogP contribution in [0.4, 0.5) is 11.4 Å². The highest BCUT2D eigenvalue weighted by Gasteiger charge is 2.12. The Morgan fingerprint density at radius 3 is 2.27 bits per heavy atom. The highest BCUT2D eigenvalue weighted by atomic mass is 16.1. The number of aryl methyl sites for hydroxylation is 2. The fourth-order valence-corrected chi connectivity index (χ4v) is 2.82. The van der Waals surface area contributed by atoms with Gasteiger partial charge in [0, 0.05) is 30.0 Å². The lowest BCUT2D eigenvalue weighted by molar-refractivity contribution is 0.102. The summed E-state index contributed by atoms with van der Waals surface area (Å²) >= 11 is 0. The molecule has 1 aliphatic heterocycles. The fourth-order valence-electron chi connectivity index (χ4n) is 2.82. The van der Waals surface area contributed by atoms with Crippen LogP contribution in [0.5, 0.6) is 0 Å². The molecule has 1 fully saturated rings. The van der Waals surface area contributed by atoms with Crippen LogP contribution in [0.3, 0.4) is 0 Å². The minimum Gasteiger partial charge on any atom is -0.372 e. The number of anilines is 2. The van der Waals surface area contributed by atoms with Crippen molar-refractivity contribution in [1.82, 2.24) is 0 Å². The predicted octanol–water partition coefficient (Wildman–Crippen LogP) is 4.16. The molecule has 2 aromatic rings. The van der Waals surface area contributed by atoms with Crippen molar-refractivity contribution in [3.8, 4) is 0 Å². The largest absolute Gasteiger partial charge is 0.372 e. The van der Waals surface area contributed by atoms with Crippen LogP contribution in [0, 0.1) is 13.8 Å². The number of amides is 1. The molecule has 1 heterocycles. The lowest BCUT2D eigenvalue weighted by Crippen LogP contribution is -2.17. The van der Waals surface area contributed by atoms with Crippen LogP contribution in [-0.2, 0) is 0 Å². The number of hydrogen-bond donors (Lipinski definition) is 1. The van der Waals surface area contributed by atoms with Crippen LogP contribution in [0.15, 0.2) is 42.5 Å². The van der Waals surface area contributed by atoms with E-state index in [0.29, 0.717) is 5.56 Å². The smallest absolute Gasteiger partial charge is 0.255 e. The van der Waals surface area contributed by atoms with Crippen molar-refractivity contribution in [2.45, 2.75) is 26.7 Å². The van der Waals surface area contributed by atoms with E-state index in [-0.39, 0.29) is 5.91 Å². The third kappa shape index (κ3) is 3.14. The summed E-state index contributed by atoms with van der Waals surface area (Å²) in [4.78, 5) is 14.7. The number of carbonyl (C=O) groups is 1. The topological polar surface area (TPSA) is 32.3 Å². The minimum absolute atomic E-state index is 0.0583. The van der Waals surface area contributed by atoms with Gasteiger partial charge < -0.3 is 10.2 Å². The van der Waals surface area contributed by atoms with Crippen LogP contribution in [-0.4, -0.2) is 19.0 Å². The molecule has 114 valence electrons. The molecule has 3 nitrogen and oxygen atoms in total. The molecule has 1 aliphatic rings. The maximum Gasteiger partial charge on any atom is 0.255 e. The minimum atomic E-state index is -0.0583. The van der Waals surface area contributed by atoms with E-state index in [4.69, 9.17) is 0 Å². The van der Waals surface area contributed by atoms with E-state index >= 15 is 0 Å². The molecule has 0 bridgehead atoms. The third-order valence-electron chi connectivity index (χ3n) is 4.37. The zero-order valence-corrected chi connectivity index (χ0v) is 13.2. The first kappa shape index (κ1) is 14.6. The highest BCUT2D eigenvalue weighted by Crippen LogP contribution is 2.22. The van der Waals surface area contributed by atoms with Crippen LogP contribution < -0.4 is 10.2 Å². The maximum absolute atomic E-state index is 12.3. The van der Waals surface area contributed by atoms with E-state index < -0.39 is 0 Å². The number of hydrogen-bond acceptors (Lipinski definition) is 2. The van der Waals surface area contributed by atoms with E-state index in [1.807, 2.05) is 44.2 Å². The summed E-state index contributed by atoms with van der Waals surface area (Å²) in [5.74, 6) is -0.0583. The number of rotatable bonds is 3. The molecule has 0 aliphatic carbocycles. The van der Waals surface area contributed by atoms with Gasteiger partial charge in [-0.3, -0.25) is 4.79 Å². The van der Waals surface area contributed by atoms with E-state index in [1.165, 1.54) is 24.1 Å². The molecule has 0 radical (unpaired) electrons. The van der Waals surface area contributed by atoms with Crippen LogP contribution in [0.2, 0.25) is 0 Å². The molecule has 2 aromatic carbocycles. The Bertz CT molecular complexity index is 670. The molecule has 0 spiro atoms. The summed E-state index contributed by atoms with van der Waals surface area (Å²) in [5.41, 5.74) is 5.11. The molecule has 1 amide bonds. The molecule has 0 saturated carbocycles. The molecule has 0 unspecified atom stereocenters. The van der Waals surface area contributed by atoms with Crippen molar-refractivity contribution in [3.63, 3.8) is 0 Å². The first-order valence-electron chi connectivity index (χ1n) is 7.87. The molecule has 0 aromatic heterocycles. The standard InChI is InChI=1S/C19H22N2O/c1-14-5-6-16(13-15(14)2)19(22)20-17-7-9-18(10-8-17)21-11-3-4-12-21/h5-10,13H,3-4,11-12H2,1-2H3,(H,20,22). The summed E-state index contributed by atoms with van der Waals surface area (Å²) in [7, 11) is 0. The van der Waals surface area contributed by atoms with Gasteiger partial charge in [-0.25, -0.2) is 0 Å². The summed E-state index contributed by atoms with van der Waals surface area (Å²) in [6.45, 7) is 6.34. The second-order valence-corrected chi connectivity index (χ2v) is 5.99. The number of nitrogens with zero attached hydrogens (tertiary/aromatic N) is 1. The SMILES string of the molecule is Cc1ccc(C(=O)Nc2ccc(N3CCCC3)cc2)cc1C. The van der Waals surface area contributed by atoms with Gasteiger partial charge in [0.25, 0.3) is 5.91 Å². The van der Waals surface area contributed by atoms with Crippen molar-refractivity contribution < 1.29 is 4.79 Å². The van der Waals surface area contributed by atoms with Gasteiger partial charge in [0.2, 0.25) is 0 Å². The normalized spacial score (nSPS) is 14.2. The van der Waals surface area contributed by atoms with Crippen molar-refractivity contribution in [2.24, 2.45) is 0 Å². The van der Waals surface area contributed by atoms with Crippen LogP contribution in [0.25, 0.3) is 0 Å². The van der Waals surface area contributed by atoms with E-state index in [9.17, 15) is 4.79 Å². The fraction of sp³-hybridized carbons (Fsp3) is 0.316. The van der Waals surface area contributed by atoms with Gasteiger partial charge in [0.05, 0.1) is 0 Å². The Morgan fingerprint density at radius 1 is 0.955 bits per heavy atom. The molecule has 1 saturated heterocycles. The lowest BCUT2D eigenvalue weighted by atomic mass is 10.1. The Labute approximate surface area is 132 Å². The van der Waals surface area contributed by atoms with Crippen LogP contribution in [0.1, 0.15) is 34.3 Å². The van der Waals surface area contributed by atoms with E-state index in [1.54, 1.807) is 0 Å². The van der Waals surface area contributed by atoms with Gasteiger partial charge in [-0.2, -0.15) is 0 Å². The van der Waals surface area contributed by atoms with Gasteiger partial charge >= 0.3 is 0 Å². The van der Waals surface area contributed by atoms with Gasteiger partial charge in [-0.15, -0.1) is 0 Å². The third-order valence-corrected chi connectivity index (χ3v) is 4.37. The number of nitrogens with one attached hydrogen (secondary N) is 1. The monoisotopic (exact) mass is 294 g/mol. The summed E-state index contributed by atoms with van der Waals surface area (Å²) < 4.78 is 0. The molecular weight excluding hydrogens is 272 g/mol. The maximum atomic E-state index is 12.3. The van der Waals surface area contributed by atoms with Gasteiger partial charge in [-0.05, 0) is 74.2 Å². The lowest BCUT2D eigenvalue weighted by Gasteiger charge is -2.17. The summed E-state index contributed by atoms with van der Waals surface area (Å²) in [6.07, 6.45) is 2.54. The molecule has 1 N–H and O–H groups in total. The first-order chi connectivity index (χ1) is 10.6. The number of carbonyl (C=O) groups excluding carboxylic acids is 1. The Balaban J connectivity index is 1.69. The average Bonchev–Trinajstić information content (AvgIpc) is 3.05. The van der Waals surface area contributed by atoms with Crippen molar-refractivity contribution in [2.75, 3.05) is 23.3 Å². The molecule has 22 heavy (non-hydrogen) atoms. The van der Waals surface area contributed by atoms with E-state index in [0.717, 1.165) is 24.3 Å². The van der Waals surface area contributed by atoms with E-state index in [2.05, 4.69) is 22.3 Å². The molecular formula is C19H22N2O. The zero-order chi connectivity index (χ0) is 15.5. The van der Waals surface area contributed by atoms with Crippen molar-refractivity contribution >= 4 is 17.3 Å². The molecule has 3 heteroatoms. The van der Waals surface area contributed by atoms with Gasteiger partial charge in [0.15, 0.2) is 0 Å². The van der Waals surface area contributed by atoms with Gasteiger partial charge in [0.1, 0.15) is 0 Å². The quantitative estimate of drug-likeness (QED) is 0.922. The number of benzene rings is 2. The van der Waals surface area contributed by atoms with Crippen LogP contribution >= 0.6 is 0 Å².